The number of hydrogen-bond acceptors (Lipinski definition) is 5. The van der Waals surface area contributed by atoms with Crippen LogP contribution in [0.4, 0.5) is 5.69 Å². The Morgan fingerprint density at radius 2 is 1.31 bits per heavy atom. The van der Waals surface area contributed by atoms with Gasteiger partial charge in [-0.15, -0.1) is 0 Å². The van der Waals surface area contributed by atoms with Gasteiger partial charge in [0.05, 0.1) is 11.9 Å². The number of nitrogens with one attached hydrogen (secondary N) is 1. The number of ether oxygens (including phenoxy) is 1. The first-order valence-electron chi connectivity index (χ1n) is 15.1. The van der Waals surface area contributed by atoms with E-state index in [2.05, 4.69) is 5.32 Å². The monoisotopic (exact) mass is 627 g/mol. The molecule has 2 amide bonds. The molecular weight excluding hydrogens is 586 g/mol. The summed E-state index contributed by atoms with van der Waals surface area (Å²) in [6, 6.07) is 34.2. The van der Waals surface area contributed by atoms with Crippen molar-refractivity contribution in [3.63, 3.8) is 0 Å². The highest BCUT2D eigenvalue weighted by atomic mass is 32.2. The molecule has 0 fully saturated rings. The van der Waals surface area contributed by atoms with E-state index in [-0.39, 0.29) is 24.9 Å². The highest BCUT2D eigenvalue weighted by Gasteiger charge is 2.33. The molecule has 0 aliphatic rings. The van der Waals surface area contributed by atoms with E-state index in [0.717, 1.165) is 33.7 Å². The van der Waals surface area contributed by atoms with Crippen LogP contribution in [-0.2, 0) is 39.2 Å². The van der Waals surface area contributed by atoms with Gasteiger partial charge in [0, 0.05) is 19.0 Å². The summed E-state index contributed by atoms with van der Waals surface area (Å²) in [5.74, 6) is -0.213. The van der Waals surface area contributed by atoms with E-state index in [1.54, 1.807) is 24.3 Å². The van der Waals surface area contributed by atoms with Crippen molar-refractivity contribution in [3.8, 4) is 5.75 Å². The van der Waals surface area contributed by atoms with Gasteiger partial charge in [-0.2, -0.15) is 0 Å². The van der Waals surface area contributed by atoms with Gasteiger partial charge in [-0.1, -0.05) is 97.9 Å². The zero-order valence-corrected chi connectivity index (χ0v) is 26.8. The van der Waals surface area contributed by atoms with Crippen molar-refractivity contribution in [1.82, 2.24) is 10.2 Å². The zero-order valence-electron chi connectivity index (χ0n) is 26.0. The number of anilines is 1. The molecule has 4 rings (SSSR count). The lowest BCUT2D eigenvalue weighted by Gasteiger charge is -2.34. The molecule has 236 valence electrons. The molecule has 4 aromatic rings. The molecule has 0 saturated heterocycles. The van der Waals surface area contributed by atoms with Crippen LogP contribution in [0.3, 0.4) is 0 Å². The highest BCUT2D eigenvalue weighted by Crippen LogP contribution is 2.24. The SMILES string of the molecule is CC[C@H](C)NC(=O)[C@H](Cc1ccccc1)N(Cc1ccccc1)C(=O)CN(c1ccc(OCc2ccccc2)cc1)S(C)(=O)=O. The number of carbonyl (C=O) groups is 2. The van der Waals surface area contributed by atoms with Crippen molar-refractivity contribution in [1.29, 1.82) is 0 Å². The molecule has 0 aromatic heterocycles. The molecular formula is C36H41N3O5S. The van der Waals surface area contributed by atoms with E-state index in [9.17, 15) is 18.0 Å². The van der Waals surface area contributed by atoms with Crippen LogP contribution >= 0.6 is 0 Å². The fraction of sp³-hybridized carbons (Fsp3) is 0.278. The molecule has 8 nitrogen and oxygen atoms in total. The molecule has 1 N–H and O–H groups in total. The molecule has 0 spiro atoms. The standard InChI is InChI=1S/C36H41N3O5S/c1-4-28(2)37-36(41)34(24-29-14-8-5-9-15-29)38(25-30-16-10-6-11-17-30)35(40)26-39(45(3,42)43)32-20-22-33(23-21-32)44-27-31-18-12-7-13-19-31/h5-23,28,34H,4,24-27H2,1-3H3,(H,37,41)/t28-,34-/m0/s1. The highest BCUT2D eigenvalue weighted by molar-refractivity contribution is 7.92. The maximum absolute atomic E-state index is 14.2. The fourth-order valence-corrected chi connectivity index (χ4v) is 5.69. The summed E-state index contributed by atoms with van der Waals surface area (Å²) in [5.41, 5.74) is 3.04. The van der Waals surface area contributed by atoms with Gasteiger partial charge in [0.2, 0.25) is 21.8 Å². The lowest BCUT2D eigenvalue weighted by atomic mass is 10.0. The Morgan fingerprint density at radius 3 is 1.84 bits per heavy atom. The van der Waals surface area contributed by atoms with Crippen LogP contribution in [0, 0.1) is 0 Å². The molecule has 2 atom stereocenters. The second kappa shape index (κ2) is 15.9. The quantitative estimate of drug-likeness (QED) is 0.186. The van der Waals surface area contributed by atoms with Gasteiger partial charge in [0.15, 0.2) is 0 Å². The number of sulfonamides is 1. The Bertz CT molecular complexity index is 1620. The third-order valence-electron chi connectivity index (χ3n) is 7.52. The minimum absolute atomic E-state index is 0.0976. The summed E-state index contributed by atoms with van der Waals surface area (Å²) in [6.45, 7) is 3.92. The number of nitrogens with zero attached hydrogens (tertiary/aromatic N) is 2. The van der Waals surface area contributed by atoms with Crippen LogP contribution in [0.5, 0.6) is 5.75 Å². The topological polar surface area (TPSA) is 96.0 Å². The predicted molar refractivity (Wildman–Crippen MR) is 178 cm³/mol. The minimum Gasteiger partial charge on any atom is -0.489 e. The van der Waals surface area contributed by atoms with Gasteiger partial charge in [-0.3, -0.25) is 13.9 Å². The molecule has 0 bridgehead atoms. The summed E-state index contributed by atoms with van der Waals surface area (Å²) in [4.78, 5) is 29.5. The molecule has 0 aliphatic heterocycles. The fourth-order valence-electron chi connectivity index (χ4n) is 4.84. The summed E-state index contributed by atoms with van der Waals surface area (Å²) in [5, 5.41) is 3.04. The van der Waals surface area contributed by atoms with Crippen molar-refractivity contribution in [2.75, 3.05) is 17.1 Å². The molecule has 9 heteroatoms. The van der Waals surface area contributed by atoms with E-state index >= 15 is 0 Å². The third kappa shape index (κ3) is 9.94. The zero-order chi connectivity index (χ0) is 32.2. The van der Waals surface area contributed by atoms with Crippen molar-refractivity contribution in [2.24, 2.45) is 0 Å². The number of rotatable bonds is 15. The second-order valence-corrected chi connectivity index (χ2v) is 13.0. The van der Waals surface area contributed by atoms with Crippen molar-refractivity contribution >= 4 is 27.5 Å². The minimum atomic E-state index is -3.87. The van der Waals surface area contributed by atoms with Crippen molar-refractivity contribution in [3.05, 3.63) is 132 Å². The lowest BCUT2D eigenvalue weighted by Crippen LogP contribution is -2.54. The van der Waals surface area contributed by atoms with Gasteiger partial charge in [0.1, 0.15) is 24.9 Å². The van der Waals surface area contributed by atoms with Gasteiger partial charge in [0.25, 0.3) is 0 Å². The molecule has 0 radical (unpaired) electrons. The number of amides is 2. The summed E-state index contributed by atoms with van der Waals surface area (Å²) in [7, 11) is -3.87. The molecule has 0 saturated carbocycles. The van der Waals surface area contributed by atoms with E-state index < -0.39 is 28.5 Å². The molecule has 0 heterocycles. The van der Waals surface area contributed by atoms with E-state index in [0.29, 0.717) is 18.0 Å². The first kappa shape index (κ1) is 33.3. The van der Waals surface area contributed by atoms with Gasteiger partial charge in [-0.05, 0) is 54.3 Å². The van der Waals surface area contributed by atoms with Gasteiger partial charge in [-0.25, -0.2) is 8.42 Å². The smallest absolute Gasteiger partial charge is 0.244 e. The van der Waals surface area contributed by atoms with E-state index in [1.807, 2.05) is 105 Å². The Balaban J connectivity index is 1.63. The van der Waals surface area contributed by atoms with Gasteiger partial charge >= 0.3 is 0 Å². The third-order valence-corrected chi connectivity index (χ3v) is 8.66. The molecule has 0 aliphatic carbocycles. The normalized spacial score (nSPS) is 12.5. The van der Waals surface area contributed by atoms with Gasteiger partial charge < -0.3 is 15.0 Å². The van der Waals surface area contributed by atoms with Crippen LogP contribution < -0.4 is 14.4 Å². The van der Waals surface area contributed by atoms with Crippen molar-refractivity contribution < 1.29 is 22.7 Å². The van der Waals surface area contributed by atoms with Crippen LogP contribution in [-0.4, -0.2) is 50.0 Å². The van der Waals surface area contributed by atoms with Crippen LogP contribution in [0.25, 0.3) is 0 Å². The summed E-state index contributed by atoms with van der Waals surface area (Å²) >= 11 is 0. The maximum Gasteiger partial charge on any atom is 0.244 e. The number of hydrogen-bond donors (Lipinski definition) is 1. The average molecular weight is 628 g/mol. The molecule has 45 heavy (non-hydrogen) atoms. The first-order chi connectivity index (χ1) is 21.6. The largest absolute Gasteiger partial charge is 0.489 e. The van der Waals surface area contributed by atoms with Crippen LogP contribution in [0.1, 0.15) is 37.0 Å². The average Bonchev–Trinajstić information content (AvgIpc) is 3.05. The van der Waals surface area contributed by atoms with Crippen LogP contribution in [0.2, 0.25) is 0 Å². The van der Waals surface area contributed by atoms with E-state index in [4.69, 9.17) is 4.74 Å². The second-order valence-electron chi connectivity index (χ2n) is 11.1. The van der Waals surface area contributed by atoms with Crippen LogP contribution in [0.15, 0.2) is 115 Å². The Hall–Kier alpha value is -4.63. The predicted octanol–water partition coefficient (Wildman–Crippen LogP) is 5.59. The van der Waals surface area contributed by atoms with Crippen molar-refractivity contribution in [2.45, 2.75) is 51.9 Å². The summed E-state index contributed by atoms with van der Waals surface area (Å²) in [6.07, 6.45) is 2.07. The summed E-state index contributed by atoms with van der Waals surface area (Å²) < 4.78 is 33.1. The Kier molecular flexibility index (Phi) is 11.8. The van der Waals surface area contributed by atoms with E-state index in [1.165, 1.54) is 4.90 Å². The molecule has 4 aromatic carbocycles. The Morgan fingerprint density at radius 1 is 0.778 bits per heavy atom. The number of benzene rings is 4. The molecule has 0 unspecified atom stereocenters. The lowest BCUT2D eigenvalue weighted by molar-refractivity contribution is -0.140. The number of carbonyl (C=O) groups excluding carboxylic acids is 2. The Labute approximate surface area is 266 Å². The first-order valence-corrected chi connectivity index (χ1v) is 16.9. The maximum atomic E-state index is 14.2.